The molecule has 17 heavy (non-hydrogen) atoms. The van der Waals surface area contributed by atoms with Gasteiger partial charge in [0.1, 0.15) is 0 Å². The lowest BCUT2D eigenvalue weighted by molar-refractivity contribution is -0.137. The number of carbonyl (C=O) groups is 2. The van der Waals surface area contributed by atoms with E-state index < -0.39 is 0 Å². The number of hydrogen-bond acceptors (Lipinski definition) is 3. The molecule has 0 bridgehead atoms. The minimum absolute atomic E-state index is 0.0538. The number of halogens is 1. The van der Waals surface area contributed by atoms with Crippen molar-refractivity contribution in [3.05, 3.63) is 34.3 Å². The Balaban J connectivity index is 2.13. The fourth-order valence-corrected chi connectivity index (χ4v) is 2.15. The minimum Gasteiger partial charge on any atom is -0.294 e. The Labute approximate surface area is 108 Å². The number of imide groups is 1. The zero-order valence-electron chi connectivity index (χ0n) is 9.44. The summed E-state index contributed by atoms with van der Waals surface area (Å²) >= 11 is 3.38. The fourth-order valence-electron chi connectivity index (χ4n) is 1.89. The highest BCUT2D eigenvalue weighted by atomic mass is 79.9. The lowest BCUT2D eigenvalue weighted by Crippen LogP contribution is -2.51. The van der Waals surface area contributed by atoms with E-state index in [4.69, 9.17) is 0 Å². The van der Waals surface area contributed by atoms with Crippen molar-refractivity contribution in [2.45, 2.75) is 13.0 Å². The highest BCUT2D eigenvalue weighted by molar-refractivity contribution is 9.10. The highest BCUT2D eigenvalue weighted by Crippen LogP contribution is 2.22. The van der Waals surface area contributed by atoms with Crippen molar-refractivity contribution in [1.29, 1.82) is 0 Å². The summed E-state index contributed by atoms with van der Waals surface area (Å²) in [5, 5.41) is 2.30. The van der Waals surface area contributed by atoms with Gasteiger partial charge in [-0.25, -0.2) is 0 Å². The molecule has 0 aromatic heterocycles. The molecule has 1 aliphatic rings. The molecule has 2 amide bonds. The summed E-state index contributed by atoms with van der Waals surface area (Å²) in [6.07, 6.45) is 0. The molecule has 0 spiro atoms. The van der Waals surface area contributed by atoms with Gasteiger partial charge in [0.15, 0.2) is 0 Å². The SMILES string of the molecule is CC(c1ccc(Br)cc1)N1CC(=O)NC(=O)C1. The molecule has 1 atom stereocenters. The van der Waals surface area contributed by atoms with Gasteiger partial charge in [0.2, 0.25) is 11.8 Å². The van der Waals surface area contributed by atoms with Gasteiger partial charge in [-0.3, -0.25) is 19.8 Å². The molecule has 2 rings (SSSR count). The van der Waals surface area contributed by atoms with Gasteiger partial charge in [-0.15, -0.1) is 0 Å². The van der Waals surface area contributed by atoms with Crippen LogP contribution in [0.4, 0.5) is 0 Å². The molecule has 5 heteroatoms. The summed E-state index contributed by atoms with van der Waals surface area (Å²) < 4.78 is 1.01. The van der Waals surface area contributed by atoms with Crippen LogP contribution in [0.1, 0.15) is 18.5 Å². The van der Waals surface area contributed by atoms with Crippen molar-refractivity contribution >= 4 is 27.7 Å². The third-order valence-corrected chi connectivity index (χ3v) is 3.40. The molecule has 1 heterocycles. The van der Waals surface area contributed by atoms with E-state index in [-0.39, 0.29) is 30.9 Å². The third-order valence-electron chi connectivity index (χ3n) is 2.87. The molecule has 1 unspecified atom stereocenters. The van der Waals surface area contributed by atoms with Gasteiger partial charge in [-0.05, 0) is 24.6 Å². The summed E-state index contributed by atoms with van der Waals surface area (Å²) in [5.74, 6) is -0.463. The Morgan fingerprint density at radius 2 is 1.71 bits per heavy atom. The first-order valence-corrected chi connectivity index (χ1v) is 6.18. The summed E-state index contributed by atoms with van der Waals surface area (Å²) in [6, 6.07) is 7.95. The van der Waals surface area contributed by atoms with E-state index in [2.05, 4.69) is 21.2 Å². The molecule has 0 saturated carbocycles. The molecular formula is C12H13BrN2O2. The van der Waals surface area contributed by atoms with Crippen molar-refractivity contribution in [3.63, 3.8) is 0 Å². The number of hydrogen-bond donors (Lipinski definition) is 1. The van der Waals surface area contributed by atoms with Crippen LogP contribution in [0, 0.1) is 0 Å². The molecule has 0 aliphatic carbocycles. The highest BCUT2D eigenvalue weighted by Gasteiger charge is 2.26. The lowest BCUT2D eigenvalue weighted by Gasteiger charge is -2.31. The maximum Gasteiger partial charge on any atom is 0.240 e. The number of piperazine rings is 1. The lowest BCUT2D eigenvalue weighted by atomic mass is 10.1. The predicted octanol–water partition coefficient (Wildman–Crippen LogP) is 1.47. The summed E-state index contributed by atoms with van der Waals surface area (Å²) in [6.45, 7) is 2.53. The quantitative estimate of drug-likeness (QED) is 0.841. The zero-order valence-corrected chi connectivity index (χ0v) is 11.0. The van der Waals surface area contributed by atoms with Crippen LogP contribution in [-0.2, 0) is 9.59 Å². The van der Waals surface area contributed by atoms with Gasteiger partial charge in [0, 0.05) is 10.5 Å². The second-order valence-electron chi connectivity index (χ2n) is 4.10. The monoisotopic (exact) mass is 296 g/mol. The van der Waals surface area contributed by atoms with Crippen molar-refractivity contribution in [2.24, 2.45) is 0 Å². The number of nitrogens with zero attached hydrogens (tertiary/aromatic N) is 1. The normalized spacial score (nSPS) is 18.9. The first-order valence-electron chi connectivity index (χ1n) is 5.38. The first-order chi connectivity index (χ1) is 8.06. The van der Waals surface area contributed by atoms with Crippen LogP contribution in [0.2, 0.25) is 0 Å². The number of nitrogens with one attached hydrogen (secondary N) is 1. The van der Waals surface area contributed by atoms with E-state index in [1.165, 1.54) is 0 Å². The largest absolute Gasteiger partial charge is 0.294 e. The Hall–Kier alpha value is -1.20. The summed E-state index contributed by atoms with van der Waals surface area (Å²) in [4.78, 5) is 24.5. The average Bonchev–Trinajstić information content (AvgIpc) is 2.28. The Bertz CT molecular complexity index is 428. The van der Waals surface area contributed by atoms with Crippen LogP contribution in [-0.4, -0.2) is 29.8 Å². The van der Waals surface area contributed by atoms with Gasteiger partial charge >= 0.3 is 0 Å². The van der Waals surface area contributed by atoms with E-state index in [1.54, 1.807) is 0 Å². The van der Waals surface area contributed by atoms with Crippen molar-refractivity contribution < 1.29 is 9.59 Å². The number of amides is 2. The van der Waals surface area contributed by atoms with E-state index in [1.807, 2.05) is 36.1 Å². The van der Waals surface area contributed by atoms with Crippen molar-refractivity contribution in [3.8, 4) is 0 Å². The fraction of sp³-hybridized carbons (Fsp3) is 0.333. The number of rotatable bonds is 2. The van der Waals surface area contributed by atoms with E-state index in [0.717, 1.165) is 10.0 Å². The number of carbonyl (C=O) groups excluding carboxylic acids is 2. The zero-order chi connectivity index (χ0) is 12.4. The second-order valence-corrected chi connectivity index (χ2v) is 5.02. The van der Waals surface area contributed by atoms with Crippen LogP contribution in [0.25, 0.3) is 0 Å². The predicted molar refractivity (Wildman–Crippen MR) is 67.3 cm³/mol. The Morgan fingerprint density at radius 1 is 1.18 bits per heavy atom. The number of benzene rings is 1. The van der Waals surface area contributed by atoms with Crippen molar-refractivity contribution in [2.75, 3.05) is 13.1 Å². The average molecular weight is 297 g/mol. The molecule has 90 valence electrons. The standard InChI is InChI=1S/C12H13BrN2O2/c1-8(9-2-4-10(13)5-3-9)15-6-11(16)14-12(17)7-15/h2-5,8H,6-7H2,1H3,(H,14,16,17). The van der Waals surface area contributed by atoms with Gasteiger partial charge in [0.05, 0.1) is 13.1 Å². The molecule has 1 aliphatic heterocycles. The van der Waals surface area contributed by atoms with E-state index >= 15 is 0 Å². The molecule has 1 aromatic rings. The molecule has 1 fully saturated rings. The minimum atomic E-state index is -0.231. The van der Waals surface area contributed by atoms with Crippen molar-refractivity contribution in [1.82, 2.24) is 10.2 Å². The second kappa shape index (κ2) is 4.98. The third kappa shape index (κ3) is 2.92. The molecule has 4 nitrogen and oxygen atoms in total. The van der Waals surface area contributed by atoms with Gasteiger partial charge < -0.3 is 0 Å². The molecule has 0 radical (unpaired) electrons. The summed E-state index contributed by atoms with van der Waals surface area (Å²) in [7, 11) is 0. The van der Waals surface area contributed by atoms with Crippen LogP contribution < -0.4 is 5.32 Å². The Morgan fingerprint density at radius 3 is 2.24 bits per heavy atom. The first kappa shape index (κ1) is 12.3. The Kier molecular flexibility index (Phi) is 3.59. The van der Waals surface area contributed by atoms with Crippen LogP contribution in [0.15, 0.2) is 28.7 Å². The maximum absolute atomic E-state index is 11.3. The topological polar surface area (TPSA) is 49.4 Å². The summed E-state index contributed by atoms with van der Waals surface area (Å²) in [5.41, 5.74) is 1.09. The van der Waals surface area contributed by atoms with Gasteiger partial charge in [-0.2, -0.15) is 0 Å². The van der Waals surface area contributed by atoms with Gasteiger partial charge in [-0.1, -0.05) is 28.1 Å². The van der Waals surface area contributed by atoms with Crippen LogP contribution >= 0.6 is 15.9 Å². The molecule has 1 N–H and O–H groups in total. The van der Waals surface area contributed by atoms with Crippen LogP contribution in [0.3, 0.4) is 0 Å². The smallest absolute Gasteiger partial charge is 0.240 e. The molecule has 1 aromatic carbocycles. The maximum atomic E-state index is 11.3. The molecular weight excluding hydrogens is 284 g/mol. The van der Waals surface area contributed by atoms with Crippen LogP contribution in [0.5, 0.6) is 0 Å². The van der Waals surface area contributed by atoms with Gasteiger partial charge in [0.25, 0.3) is 0 Å². The van der Waals surface area contributed by atoms with E-state index in [0.29, 0.717) is 0 Å². The molecule has 1 saturated heterocycles. The van der Waals surface area contributed by atoms with E-state index in [9.17, 15) is 9.59 Å².